The van der Waals surface area contributed by atoms with Crippen molar-refractivity contribution in [2.45, 2.75) is 25.4 Å². The summed E-state index contributed by atoms with van der Waals surface area (Å²) >= 11 is 0. The van der Waals surface area contributed by atoms with Crippen molar-refractivity contribution < 1.29 is 4.74 Å². The fourth-order valence-electron chi connectivity index (χ4n) is 1.21. The SMILES string of the molecule is C1=C2CCC(C1)O2. The first-order valence-electron chi connectivity index (χ1n) is 2.81. The van der Waals surface area contributed by atoms with Gasteiger partial charge in [0.05, 0.1) is 5.76 Å². The smallest absolute Gasteiger partial charge is 0.102 e. The summed E-state index contributed by atoms with van der Waals surface area (Å²) in [5.74, 6) is 1.24. The number of rotatable bonds is 0. The maximum absolute atomic E-state index is 5.33. The van der Waals surface area contributed by atoms with E-state index in [1.165, 1.54) is 25.0 Å². The first kappa shape index (κ1) is 3.53. The summed E-state index contributed by atoms with van der Waals surface area (Å²) < 4.78 is 5.33. The lowest BCUT2D eigenvalue weighted by molar-refractivity contribution is 0.188. The lowest BCUT2D eigenvalue weighted by atomic mass is 10.1. The minimum atomic E-state index is 0.579. The monoisotopic (exact) mass is 96.1 g/mol. The van der Waals surface area contributed by atoms with E-state index in [0.717, 1.165) is 0 Å². The lowest BCUT2D eigenvalue weighted by Crippen LogP contribution is -1.96. The van der Waals surface area contributed by atoms with Gasteiger partial charge >= 0.3 is 0 Å². The zero-order valence-corrected chi connectivity index (χ0v) is 4.18. The molecule has 0 aromatic heterocycles. The highest BCUT2D eigenvalue weighted by atomic mass is 16.5. The van der Waals surface area contributed by atoms with E-state index >= 15 is 0 Å². The third-order valence-electron chi connectivity index (χ3n) is 1.64. The number of ether oxygens (including phenoxy) is 1. The molecule has 0 saturated carbocycles. The second-order valence-corrected chi connectivity index (χ2v) is 2.18. The molecule has 0 amide bonds. The first-order valence-corrected chi connectivity index (χ1v) is 2.81. The van der Waals surface area contributed by atoms with E-state index in [-0.39, 0.29) is 0 Å². The van der Waals surface area contributed by atoms with Crippen LogP contribution in [-0.2, 0) is 4.74 Å². The summed E-state index contributed by atoms with van der Waals surface area (Å²) in [7, 11) is 0. The van der Waals surface area contributed by atoms with Gasteiger partial charge in [0.1, 0.15) is 6.10 Å². The second-order valence-electron chi connectivity index (χ2n) is 2.18. The maximum atomic E-state index is 5.33. The van der Waals surface area contributed by atoms with E-state index < -0.39 is 0 Å². The van der Waals surface area contributed by atoms with Gasteiger partial charge in [-0.05, 0) is 12.5 Å². The predicted molar refractivity (Wildman–Crippen MR) is 26.8 cm³/mol. The van der Waals surface area contributed by atoms with E-state index in [2.05, 4.69) is 6.08 Å². The number of allylic oxidation sites excluding steroid dienone is 1. The van der Waals surface area contributed by atoms with Crippen molar-refractivity contribution in [1.82, 2.24) is 0 Å². The van der Waals surface area contributed by atoms with Crippen molar-refractivity contribution in [3.8, 4) is 0 Å². The number of hydrogen-bond acceptors (Lipinski definition) is 1. The average Bonchev–Trinajstić information content (AvgIpc) is 2.22. The molecule has 0 aromatic carbocycles. The van der Waals surface area contributed by atoms with Crippen LogP contribution in [-0.4, -0.2) is 6.10 Å². The van der Waals surface area contributed by atoms with Gasteiger partial charge in [-0.2, -0.15) is 0 Å². The third kappa shape index (κ3) is 0.379. The Bertz CT molecular complexity index is 115. The molecule has 2 aliphatic heterocycles. The molecule has 0 aliphatic carbocycles. The Morgan fingerprint density at radius 1 is 1.71 bits per heavy atom. The molecule has 0 radical (unpaired) electrons. The molecule has 1 heteroatoms. The van der Waals surface area contributed by atoms with Gasteiger partial charge in [-0.1, -0.05) is 0 Å². The molecule has 1 saturated heterocycles. The Kier molecular flexibility index (Phi) is 0.518. The summed E-state index contributed by atoms with van der Waals surface area (Å²) in [6.45, 7) is 0. The molecule has 2 rings (SSSR count). The molecule has 2 aliphatic rings. The summed E-state index contributed by atoms with van der Waals surface area (Å²) in [6, 6.07) is 0. The largest absolute Gasteiger partial charge is 0.495 e. The van der Waals surface area contributed by atoms with Crippen LogP contribution in [0.5, 0.6) is 0 Å². The molecular formula is C6H8O. The van der Waals surface area contributed by atoms with E-state index in [1.807, 2.05) is 0 Å². The average molecular weight is 96.1 g/mol. The van der Waals surface area contributed by atoms with Crippen LogP contribution in [0.2, 0.25) is 0 Å². The molecule has 0 aromatic rings. The Morgan fingerprint density at radius 2 is 2.71 bits per heavy atom. The highest BCUT2D eigenvalue weighted by Crippen LogP contribution is 2.31. The Hall–Kier alpha value is -0.460. The van der Waals surface area contributed by atoms with Crippen molar-refractivity contribution in [2.75, 3.05) is 0 Å². The topological polar surface area (TPSA) is 9.23 Å². The number of fused-ring (bicyclic) bond motifs is 2. The van der Waals surface area contributed by atoms with Gasteiger partial charge in [0.2, 0.25) is 0 Å². The van der Waals surface area contributed by atoms with Gasteiger partial charge in [0, 0.05) is 12.8 Å². The highest BCUT2D eigenvalue weighted by molar-refractivity contribution is 5.07. The minimum Gasteiger partial charge on any atom is -0.495 e. The van der Waals surface area contributed by atoms with Crippen molar-refractivity contribution in [2.24, 2.45) is 0 Å². The molecule has 1 fully saturated rings. The molecule has 2 bridgehead atoms. The number of hydrogen-bond donors (Lipinski definition) is 0. The molecule has 7 heavy (non-hydrogen) atoms. The van der Waals surface area contributed by atoms with Gasteiger partial charge in [-0.3, -0.25) is 0 Å². The Morgan fingerprint density at radius 3 is 2.86 bits per heavy atom. The maximum Gasteiger partial charge on any atom is 0.102 e. The molecular weight excluding hydrogens is 88.1 g/mol. The standard InChI is InChI=1S/C6H8O/c1-2-6-4-3-5(1)7-6/h1,6H,2-4H2. The van der Waals surface area contributed by atoms with E-state index in [1.54, 1.807) is 0 Å². The van der Waals surface area contributed by atoms with Crippen LogP contribution >= 0.6 is 0 Å². The zero-order chi connectivity index (χ0) is 4.69. The van der Waals surface area contributed by atoms with E-state index in [0.29, 0.717) is 6.10 Å². The normalized spacial score (nSPS) is 35.4. The highest BCUT2D eigenvalue weighted by Gasteiger charge is 2.24. The summed E-state index contributed by atoms with van der Waals surface area (Å²) in [5, 5.41) is 0. The molecule has 0 N–H and O–H groups in total. The predicted octanol–water partition coefficient (Wildman–Crippen LogP) is 1.45. The van der Waals surface area contributed by atoms with Crippen LogP contribution in [0.1, 0.15) is 19.3 Å². The lowest BCUT2D eigenvalue weighted by Gasteiger charge is -1.97. The fourth-order valence-corrected chi connectivity index (χ4v) is 1.21. The molecule has 38 valence electrons. The first-order chi connectivity index (χ1) is 3.45. The van der Waals surface area contributed by atoms with E-state index in [4.69, 9.17) is 4.74 Å². The minimum absolute atomic E-state index is 0.579. The molecule has 2 heterocycles. The molecule has 1 unspecified atom stereocenters. The van der Waals surface area contributed by atoms with Crippen LogP contribution in [0.25, 0.3) is 0 Å². The Labute approximate surface area is 43.0 Å². The van der Waals surface area contributed by atoms with Crippen molar-refractivity contribution in [3.63, 3.8) is 0 Å². The van der Waals surface area contributed by atoms with Crippen molar-refractivity contribution in [3.05, 3.63) is 11.8 Å². The zero-order valence-electron chi connectivity index (χ0n) is 4.18. The van der Waals surface area contributed by atoms with Crippen LogP contribution in [0.15, 0.2) is 11.8 Å². The van der Waals surface area contributed by atoms with Gasteiger partial charge < -0.3 is 4.74 Å². The van der Waals surface area contributed by atoms with Crippen molar-refractivity contribution in [1.29, 1.82) is 0 Å². The quantitative estimate of drug-likeness (QED) is 0.443. The van der Waals surface area contributed by atoms with Crippen LogP contribution < -0.4 is 0 Å². The fraction of sp³-hybridized carbons (Fsp3) is 0.667. The van der Waals surface area contributed by atoms with Crippen molar-refractivity contribution >= 4 is 0 Å². The Balaban J connectivity index is 2.30. The molecule has 1 nitrogen and oxygen atoms in total. The van der Waals surface area contributed by atoms with Gasteiger partial charge in [0.25, 0.3) is 0 Å². The van der Waals surface area contributed by atoms with Gasteiger partial charge in [0.15, 0.2) is 0 Å². The van der Waals surface area contributed by atoms with Crippen LogP contribution in [0.4, 0.5) is 0 Å². The van der Waals surface area contributed by atoms with Crippen LogP contribution in [0.3, 0.4) is 0 Å². The second kappa shape index (κ2) is 1.03. The van der Waals surface area contributed by atoms with Gasteiger partial charge in [-0.25, -0.2) is 0 Å². The summed E-state index contributed by atoms with van der Waals surface area (Å²) in [5.41, 5.74) is 0. The van der Waals surface area contributed by atoms with E-state index in [9.17, 15) is 0 Å². The van der Waals surface area contributed by atoms with Gasteiger partial charge in [-0.15, -0.1) is 0 Å². The summed E-state index contributed by atoms with van der Waals surface area (Å²) in [4.78, 5) is 0. The third-order valence-corrected chi connectivity index (χ3v) is 1.64. The molecule has 0 spiro atoms. The summed E-state index contributed by atoms with van der Waals surface area (Å²) in [6.07, 6.45) is 6.43. The molecule has 1 atom stereocenters. The van der Waals surface area contributed by atoms with Crippen LogP contribution in [0, 0.1) is 0 Å².